The minimum absolute atomic E-state index is 0.166. The molecule has 0 bridgehead atoms. The molecule has 0 spiro atoms. The Morgan fingerprint density at radius 2 is 1.96 bits per heavy atom. The SMILES string of the molecule is CCOc1ccccc1Nc1ccc(NC(=O)NC2CCCCC2)cn1. The molecule has 0 aliphatic heterocycles. The maximum absolute atomic E-state index is 12.1. The summed E-state index contributed by atoms with van der Waals surface area (Å²) in [6.07, 6.45) is 7.42. The van der Waals surface area contributed by atoms with Crippen LogP contribution in [0.25, 0.3) is 0 Å². The number of carbonyl (C=O) groups excluding carboxylic acids is 1. The summed E-state index contributed by atoms with van der Waals surface area (Å²) in [5.74, 6) is 1.47. The Hall–Kier alpha value is -2.76. The van der Waals surface area contributed by atoms with Crippen LogP contribution in [0.2, 0.25) is 0 Å². The molecule has 1 aliphatic carbocycles. The molecule has 1 aliphatic rings. The number of nitrogens with zero attached hydrogens (tertiary/aromatic N) is 1. The molecule has 0 saturated heterocycles. The van der Waals surface area contributed by atoms with Crippen LogP contribution < -0.4 is 20.7 Å². The molecule has 1 aromatic carbocycles. The van der Waals surface area contributed by atoms with Crippen LogP contribution in [0, 0.1) is 0 Å². The van der Waals surface area contributed by atoms with Crippen molar-refractivity contribution >= 4 is 23.2 Å². The van der Waals surface area contributed by atoms with Crippen LogP contribution >= 0.6 is 0 Å². The van der Waals surface area contributed by atoms with Gasteiger partial charge in [0.2, 0.25) is 0 Å². The van der Waals surface area contributed by atoms with Crippen molar-refractivity contribution in [2.45, 2.75) is 45.1 Å². The highest BCUT2D eigenvalue weighted by atomic mass is 16.5. The van der Waals surface area contributed by atoms with Gasteiger partial charge in [0.25, 0.3) is 0 Å². The summed E-state index contributed by atoms with van der Waals surface area (Å²) in [6.45, 7) is 2.55. The van der Waals surface area contributed by atoms with Crippen molar-refractivity contribution in [2.75, 3.05) is 17.2 Å². The van der Waals surface area contributed by atoms with Gasteiger partial charge in [-0.1, -0.05) is 31.4 Å². The fourth-order valence-corrected chi connectivity index (χ4v) is 3.13. The molecule has 6 nitrogen and oxygen atoms in total. The van der Waals surface area contributed by atoms with E-state index >= 15 is 0 Å². The second-order valence-electron chi connectivity index (χ2n) is 6.42. The molecular formula is C20H26N4O2. The molecule has 6 heteroatoms. The highest BCUT2D eigenvalue weighted by molar-refractivity contribution is 5.89. The van der Waals surface area contributed by atoms with Gasteiger partial charge >= 0.3 is 6.03 Å². The molecule has 3 rings (SSSR count). The maximum atomic E-state index is 12.1. The zero-order valence-corrected chi connectivity index (χ0v) is 15.1. The van der Waals surface area contributed by atoms with E-state index in [2.05, 4.69) is 20.9 Å². The van der Waals surface area contributed by atoms with Crippen molar-refractivity contribution in [2.24, 2.45) is 0 Å². The molecule has 3 N–H and O–H groups in total. The van der Waals surface area contributed by atoms with E-state index in [-0.39, 0.29) is 12.1 Å². The Labute approximate surface area is 154 Å². The molecule has 1 aromatic heterocycles. The minimum atomic E-state index is -0.166. The van der Waals surface area contributed by atoms with Crippen LogP contribution in [0.3, 0.4) is 0 Å². The van der Waals surface area contributed by atoms with Crippen molar-refractivity contribution < 1.29 is 9.53 Å². The van der Waals surface area contributed by atoms with E-state index in [0.29, 0.717) is 18.1 Å². The van der Waals surface area contributed by atoms with Crippen LogP contribution in [0.1, 0.15) is 39.0 Å². The van der Waals surface area contributed by atoms with Crippen LogP contribution in [0.15, 0.2) is 42.6 Å². The summed E-state index contributed by atoms with van der Waals surface area (Å²) in [4.78, 5) is 16.5. The number of anilines is 3. The Balaban J connectivity index is 1.55. The number of para-hydroxylation sites is 2. The summed E-state index contributed by atoms with van der Waals surface area (Å²) < 4.78 is 5.60. The first-order valence-corrected chi connectivity index (χ1v) is 9.27. The third-order valence-electron chi connectivity index (χ3n) is 4.41. The van der Waals surface area contributed by atoms with E-state index in [1.165, 1.54) is 19.3 Å². The van der Waals surface area contributed by atoms with Crippen molar-refractivity contribution in [1.29, 1.82) is 0 Å². The quantitative estimate of drug-likeness (QED) is 0.704. The van der Waals surface area contributed by atoms with Gasteiger partial charge in [0.15, 0.2) is 0 Å². The lowest BCUT2D eigenvalue weighted by Gasteiger charge is -2.22. The molecule has 0 radical (unpaired) electrons. The second kappa shape index (κ2) is 9.08. The maximum Gasteiger partial charge on any atom is 0.319 e. The van der Waals surface area contributed by atoms with Gasteiger partial charge in [-0.05, 0) is 44.0 Å². The third kappa shape index (κ3) is 5.12. The van der Waals surface area contributed by atoms with Crippen molar-refractivity contribution in [3.05, 3.63) is 42.6 Å². The monoisotopic (exact) mass is 354 g/mol. The van der Waals surface area contributed by atoms with E-state index in [0.717, 1.165) is 24.3 Å². The number of nitrogens with one attached hydrogen (secondary N) is 3. The largest absolute Gasteiger partial charge is 0.492 e. The van der Waals surface area contributed by atoms with Gasteiger partial charge in [0.1, 0.15) is 11.6 Å². The van der Waals surface area contributed by atoms with Crippen molar-refractivity contribution in [3.63, 3.8) is 0 Å². The van der Waals surface area contributed by atoms with Gasteiger partial charge in [-0.3, -0.25) is 0 Å². The summed E-state index contributed by atoms with van der Waals surface area (Å²) in [7, 11) is 0. The third-order valence-corrected chi connectivity index (χ3v) is 4.41. The average molecular weight is 354 g/mol. The van der Waals surface area contributed by atoms with Crippen LogP contribution in [0.4, 0.5) is 22.0 Å². The van der Waals surface area contributed by atoms with Gasteiger partial charge in [-0.15, -0.1) is 0 Å². The number of aromatic nitrogens is 1. The average Bonchev–Trinajstić information content (AvgIpc) is 2.66. The smallest absolute Gasteiger partial charge is 0.319 e. The Morgan fingerprint density at radius 3 is 2.69 bits per heavy atom. The number of ether oxygens (including phenoxy) is 1. The summed E-state index contributed by atoms with van der Waals surface area (Å²) in [6, 6.07) is 11.5. The van der Waals surface area contributed by atoms with E-state index in [1.54, 1.807) is 6.20 Å². The number of rotatable bonds is 6. The number of hydrogen-bond acceptors (Lipinski definition) is 4. The first kappa shape index (κ1) is 18.0. The molecule has 1 saturated carbocycles. The summed E-state index contributed by atoms with van der Waals surface area (Å²) in [5.41, 5.74) is 1.53. The Kier molecular flexibility index (Phi) is 6.30. The van der Waals surface area contributed by atoms with Crippen LogP contribution in [-0.2, 0) is 0 Å². The molecule has 2 aromatic rings. The molecule has 138 valence electrons. The van der Waals surface area contributed by atoms with E-state index < -0.39 is 0 Å². The number of pyridine rings is 1. The zero-order valence-electron chi connectivity index (χ0n) is 15.1. The van der Waals surface area contributed by atoms with Crippen molar-refractivity contribution in [1.82, 2.24) is 10.3 Å². The van der Waals surface area contributed by atoms with Gasteiger partial charge in [-0.25, -0.2) is 9.78 Å². The van der Waals surface area contributed by atoms with Gasteiger partial charge < -0.3 is 20.7 Å². The molecule has 0 unspecified atom stereocenters. The highest BCUT2D eigenvalue weighted by Gasteiger charge is 2.15. The van der Waals surface area contributed by atoms with Gasteiger partial charge in [0, 0.05) is 6.04 Å². The Morgan fingerprint density at radius 1 is 1.15 bits per heavy atom. The Bertz CT molecular complexity index is 712. The molecule has 1 fully saturated rings. The number of amides is 2. The van der Waals surface area contributed by atoms with E-state index in [4.69, 9.17) is 4.74 Å². The molecule has 1 heterocycles. The molecule has 2 amide bonds. The first-order chi connectivity index (χ1) is 12.7. The number of carbonyl (C=O) groups is 1. The topological polar surface area (TPSA) is 75.3 Å². The lowest BCUT2D eigenvalue weighted by Crippen LogP contribution is -2.39. The lowest BCUT2D eigenvalue weighted by atomic mass is 9.96. The van der Waals surface area contributed by atoms with Gasteiger partial charge in [0.05, 0.1) is 24.2 Å². The predicted molar refractivity (Wildman–Crippen MR) is 104 cm³/mol. The van der Waals surface area contributed by atoms with Gasteiger partial charge in [-0.2, -0.15) is 0 Å². The minimum Gasteiger partial charge on any atom is -0.492 e. The van der Waals surface area contributed by atoms with Crippen molar-refractivity contribution in [3.8, 4) is 5.75 Å². The second-order valence-corrected chi connectivity index (χ2v) is 6.42. The fraction of sp³-hybridized carbons (Fsp3) is 0.400. The lowest BCUT2D eigenvalue weighted by molar-refractivity contribution is 0.244. The summed E-state index contributed by atoms with van der Waals surface area (Å²) >= 11 is 0. The first-order valence-electron chi connectivity index (χ1n) is 9.27. The molecule has 0 atom stereocenters. The van der Waals surface area contributed by atoms with Crippen LogP contribution in [-0.4, -0.2) is 23.7 Å². The molecular weight excluding hydrogens is 328 g/mol. The highest BCUT2D eigenvalue weighted by Crippen LogP contribution is 2.27. The zero-order chi connectivity index (χ0) is 18.2. The standard InChI is InChI=1S/C20H26N4O2/c1-2-26-18-11-7-6-10-17(18)24-19-13-12-16(14-21-19)23-20(25)22-15-8-4-3-5-9-15/h6-7,10-15H,2-5,8-9H2,1H3,(H,21,24)(H2,22,23,25). The molecule has 26 heavy (non-hydrogen) atoms. The summed E-state index contributed by atoms with van der Waals surface area (Å²) in [5, 5.41) is 9.12. The van der Waals surface area contributed by atoms with E-state index in [9.17, 15) is 4.79 Å². The fourth-order valence-electron chi connectivity index (χ4n) is 3.13. The van der Waals surface area contributed by atoms with Crippen LogP contribution in [0.5, 0.6) is 5.75 Å². The number of urea groups is 1. The number of hydrogen-bond donors (Lipinski definition) is 3. The normalized spacial score (nSPS) is 14.5. The number of benzene rings is 1. The predicted octanol–water partition coefficient (Wildman–Crippen LogP) is 4.68. The van der Waals surface area contributed by atoms with E-state index in [1.807, 2.05) is 43.3 Å².